The van der Waals surface area contributed by atoms with Crippen LogP contribution in [-0.2, 0) is 16.6 Å². The monoisotopic (exact) mass is 407 g/mol. The summed E-state index contributed by atoms with van der Waals surface area (Å²) >= 11 is 0. The second-order valence-electron chi connectivity index (χ2n) is 8.27. The first-order valence-corrected chi connectivity index (χ1v) is 11.9. The minimum atomic E-state index is -3.52. The molecule has 28 heavy (non-hydrogen) atoms. The van der Waals surface area contributed by atoms with Gasteiger partial charge in [-0.05, 0) is 43.2 Å². The van der Waals surface area contributed by atoms with Crippen molar-refractivity contribution in [2.24, 2.45) is 5.92 Å². The first-order chi connectivity index (χ1) is 13.4. The van der Waals surface area contributed by atoms with Gasteiger partial charge in [0.2, 0.25) is 10.0 Å². The highest BCUT2D eigenvalue weighted by atomic mass is 32.2. The normalized spacial score (nSPS) is 23.9. The van der Waals surface area contributed by atoms with Gasteiger partial charge >= 0.3 is 6.03 Å². The predicted molar refractivity (Wildman–Crippen MR) is 110 cm³/mol. The Morgan fingerprint density at radius 2 is 1.86 bits per heavy atom. The van der Waals surface area contributed by atoms with Crippen LogP contribution in [0.2, 0.25) is 0 Å². The van der Waals surface area contributed by atoms with Crippen LogP contribution in [0.25, 0.3) is 0 Å². The average molecular weight is 408 g/mol. The lowest BCUT2D eigenvalue weighted by molar-refractivity contribution is 0.160. The molecule has 2 amide bonds. The van der Waals surface area contributed by atoms with E-state index in [1.54, 1.807) is 27.4 Å². The molecule has 0 aromatic heterocycles. The number of piperidine rings is 1. The summed E-state index contributed by atoms with van der Waals surface area (Å²) in [5.41, 5.74) is 0.645. The zero-order valence-corrected chi connectivity index (χ0v) is 17.9. The highest BCUT2D eigenvalue weighted by molar-refractivity contribution is 7.89. The summed E-state index contributed by atoms with van der Waals surface area (Å²) in [6.07, 6.45) is 7.34. The molecule has 2 atom stereocenters. The third-order valence-electron chi connectivity index (χ3n) is 6.11. The summed E-state index contributed by atoms with van der Waals surface area (Å²) in [7, 11) is -1.68. The Morgan fingerprint density at radius 1 is 1.14 bits per heavy atom. The number of hydrogen-bond acceptors (Lipinski definition) is 3. The van der Waals surface area contributed by atoms with Crippen molar-refractivity contribution in [1.82, 2.24) is 14.5 Å². The first-order valence-electron chi connectivity index (χ1n) is 10.5. The van der Waals surface area contributed by atoms with Gasteiger partial charge in [0.1, 0.15) is 0 Å². The molecule has 0 bridgehead atoms. The van der Waals surface area contributed by atoms with Crippen LogP contribution >= 0.6 is 0 Å². The van der Waals surface area contributed by atoms with Gasteiger partial charge in [0.15, 0.2) is 0 Å². The molecule has 7 heteroatoms. The van der Waals surface area contributed by atoms with Gasteiger partial charge in [-0.1, -0.05) is 44.4 Å². The van der Waals surface area contributed by atoms with Gasteiger partial charge in [0.25, 0.3) is 0 Å². The summed E-state index contributed by atoms with van der Waals surface area (Å²) in [6.45, 7) is 3.60. The number of benzene rings is 1. The Labute approximate surface area is 169 Å². The quantitative estimate of drug-likeness (QED) is 0.811. The van der Waals surface area contributed by atoms with Crippen molar-refractivity contribution < 1.29 is 13.2 Å². The minimum absolute atomic E-state index is 0.135. The molecule has 3 rings (SSSR count). The van der Waals surface area contributed by atoms with Crippen LogP contribution in [-0.4, -0.2) is 49.8 Å². The van der Waals surface area contributed by atoms with E-state index in [1.807, 2.05) is 13.1 Å². The summed E-state index contributed by atoms with van der Waals surface area (Å²) in [5, 5.41) is 2.93. The van der Waals surface area contributed by atoms with E-state index in [0.717, 1.165) is 38.5 Å². The maximum atomic E-state index is 13.1. The predicted octanol–water partition coefficient (Wildman–Crippen LogP) is 3.58. The van der Waals surface area contributed by atoms with Crippen LogP contribution in [0.1, 0.15) is 57.4 Å². The molecular weight excluding hydrogens is 374 g/mol. The van der Waals surface area contributed by atoms with E-state index in [4.69, 9.17) is 0 Å². The van der Waals surface area contributed by atoms with Gasteiger partial charge in [-0.2, -0.15) is 4.31 Å². The molecule has 2 aliphatic rings. The number of carbonyl (C=O) groups is 1. The van der Waals surface area contributed by atoms with Crippen molar-refractivity contribution in [2.45, 2.75) is 69.4 Å². The molecule has 1 N–H and O–H groups in total. The molecule has 1 heterocycles. The number of carbonyl (C=O) groups excluding carboxylic acids is 1. The summed E-state index contributed by atoms with van der Waals surface area (Å²) in [4.78, 5) is 14.7. The molecule has 156 valence electrons. The topological polar surface area (TPSA) is 69.7 Å². The summed E-state index contributed by atoms with van der Waals surface area (Å²) < 4.78 is 27.7. The number of hydrogen-bond donors (Lipinski definition) is 1. The summed E-state index contributed by atoms with van der Waals surface area (Å²) in [6, 6.07) is 7.14. The number of rotatable bonds is 5. The SMILES string of the molecule is CC1CCCC(N(C)C(=O)NCc2ccccc2S(=O)(=O)N2CCCCC2)C1. The Morgan fingerprint density at radius 3 is 2.57 bits per heavy atom. The Bertz CT molecular complexity index is 775. The highest BCUT2D eigenvalue weighted by Crippen LogP contribution is 2.27. The third kappa shape index (κ3) is 4.87. The molecule has 2 unspecified atom stereocenters. The average Bonchev–Trinajstić information content (AvgIpc) is 2.72. The molecule has 0 spiro atoms. The molecule has 1 aliphatic heterocycles. The molecule has 0 radical (unpaired) electrons. The van der Waals surface area contributed by atoms with Gasteiger partial charge < -0.3 is 10.2 Å². The van der Waals surface area contributed by atoms with E-state index >= 15 is 0 Å². The van der Waals surface area contributed by atoms with Crippen molar-refractivity contribution >= 4 is 16.1 Å². The highest BCUT2D eigenvalue weighted by Gasteiger charge is 2.29. The standard InChI is InChI=1S/C21H33N3O3S/c1-17-9-8-11-19(15-17)23(2)21(25)22-16-18-10-4-5-12-20(18)28(26,27)24-13-6-3-7-14-24/h4-5,10,12,17,19H,3,6-9,11,13-16H2,1-2H3,(H,22,25). The smallest absolute Gasteiger partial charge is 0.317 e. The molecule has 1 saturated heterocycles. The maximum absolute atomic E-state index is 13.1. The van der Waals surface area contributed by atoms with Crippen molar-refractivity contribution in [3.8, 4) is 0 Å². The molecule has 6 nitrogen and oxygen atoms in total. The molecule has 2 fully saturated rings. The third-order valence-corrected chi connectivity index (χ3v) is 8.11. The fourth-order valence-electron chi connectivity index (χ4n) is 4.36. The second kappa shape index (κ2) is 9.27. The van der Waals surface area contributed by atoms with E-state index in [2.05, 4.69) is 12.2 Å². The zero-order chi connectivity index (χ0) is 20.1. The van der Waals surface area contributed by atoms with Gasteiger partial charge in [0.05, 0.1) is 4.90 Å². The number of sulfonamides is 1. The van der Waals surface area contributed by atoms with Gasteiger partial charge in [-0.3, -0.25) is 0 Å². The number of amides is 2. The largest absolute Gasteiger partial charge is 0.334 e. The van der Waals surface area contributed by atoms with Gasteiger partial charge in [-0.15, -0.1) is 0 Å². The van der Waals surface area contributed by atoms with Gasteiger partial charge in [-0.25, -0.2) is 13.2 Å². The molecule has 1 saturated carbocycles. The van der Waals surface area contributed by atoms with Crippen molar-refractivity contribution in [3.63, 3.8) is 0 Å². The first kappa shape index (κ1) is 21.1. The Hall–Kier alpha value is -1.60. The number of nitrogens with zero attached hydrogens (tertiary/aromatic N) is 2. The summed E-state index contributed by atoms with van der Waals surface area (Å²) in [5.74, 6) is 0.643. The number of nitrogens with one attached hydrogen (secondary N) is 1. The van der Waals surface area contributed by atoms with Crippen molar-refractivity contribution in [1.29, 1.82) is 0 Å². The second-order valence-corrected chi connectivity index (χ2v) is 10.2. The van der Waals surface area contributed by atoms with Crippen LogP contribution < -0.4 is 5.32 Å². The van der Waals surface area contributed by atoms with Crippen LogP contribution in [0.3, 0.4) is 0 Å². The molecule has 1 aromatic rings. The van der Waals surface area contributed by atoms with E-state index in [1.165, 1.54) is 6.42 Å². The van der Waals surface area contributed by atoms with Crippen LogP contribution in [0, 0.1) is 5.92 Å². The molecular formula is C21H33N3O3S. The van der Waals surface area contributed by atoms with Crippen LogP contribution in [0.4, 0.5) is 4.79 Å². The van der Waals surface area contributed by atoms with E-state index < -0.39 is 10.0 Å². The lowest BCUT2D eigenvalue weighted by Gasteiger charge is -2.34. The van der Waals surface area contributed by atoms with Crippen molar-refractivity contribution in [3.05, 3.63) is 29.8 Å². The van der Waals surface area contributed by atoms with Crippen molar-refractivity contribution in [2.75, 3.05) is 20.1 Å². The fourth-order valence-corrected chi connectivity index (χ4v) is 6.10. The fraction of sp³-hybridized carbons (Fsp3) is 0.667. The van der Waals surface area contributed by atoms with Crippen LogP contribution in [0.5, 0.6) is 0 Å². The van der Waals surface area contributed by atoms with Gasteiger partial charge in [0, 0.05) is 32.7 Å². The Kier molecular flexibility index (Phi) is 6.99. The number of urea groups is 1. The molecule has 1 aliphatic carbocycles. The lowest BCUT2D eigenvalue weighted by atomic mass is 9.86. The maximum Gasteiger partial charge on any atom is 0.317 e. The van der Waals surface area contributed by atoms with E-state index in [9.17, 15) is 13.2 Å². The Balaban J connectivity index is 1.67. The van der Waals surface area contributed by atoms with E-state index in [-0.39, 0.29) is 18.6 Å². The molecule has 1 aromatic carbocycles. The van der Waals surface area contributed by atoms with Crippen LogP contribution in [0.15, 0.2) is 29.2 Å². The lowest BCUT2D eigenvalue weighted by Crippen LogP contribution is -2.45. The minimum Gasteiger partial charge on any atom is -0.334 e. The van der Waals surface area contributed by atoms with E-state index in [0.29, 0.717) is 29.5 Å². The zero-order valence-electron chi connectivity index (χ0n) is 17.1.